The minimum Gasteiger partial charge on any atom is -0.396 e. The highest BCUT2D eigenvalue weighted by molar-refractivity contribution is 5.58. The summed E-state index contributed by atoms with van der Waals surface area (Å²) in [5.41, 5.74) is 3.96. The van der Waals surface area contributed by atoms with Crippen LogP contribution in [0.15, 0.2) is 48.5 Å². The molecular formula is C22H27FN2O. The molecule has 0 spiro atoms. The fourth-order valence-corrected chi connectivity index (χ4v) is 4.53. The molecule has 0 amide bonds. The van der Waals surface area contributed by atoms with E-state index in [1.807, 2.05) is 12.1 Å². The van der Waals surface area contributed by atoms with E-state index in [1.54, 1.807) is 0 Å². The Kier molecular flexibility index (Phi) is 5.23. The predicted molar refractivity (Wildman–Crippen MR) is 103 cm³/mol. The zero-order valence-corrected chi connectivity index (χ0v) is 15.1. The van der Waals surface area contributed by atoms with Crippen LogP contribution < -0.4 is 4.90 Å². The molecule has 138 valence electrons. The third-order valence-electron chi connectivity index (χ3n) is 5.97. The zero-order valence-electron chi connectivity index (χ0n) is 15.1. The third-order valence-corrected chi connectivity index (χ3v) is 5.97. The van der Waals surface area contributed by atoms with Gasteiger partial charge in [0, 0.05) is 50.4 Å². The van der Waals surface area contributed by atoms with Gasteiger partial charge in [-0.3, -0.25) is 0 Å². The molecule has 4 rings (SSSR count). The SMILES string of the molecule is OC[C@H]1CN(CCc2ccc(F)cc2)CC[C@@H]1N1CCc2ccccc21. The maximum Gasteiger partial charge on any atom is 0.123 e. The molecule has 0 unspecified atom stereocenters. The molecule has 2 heterocycles. The van der Waals surface area contributed by atoms with Crippen molar-refractivity contribution in [2.45, 2.75) is 25.3 Å². The first-order valence-corrected chi connectivity index (χ1v) is 9.67. The second-order valence-electron chi connectivity index (χ2n) is 7.55. The molecule has 3 nitrogen and oxygen atoms in total. The van der Waals surface area contributed by atoms with Gasteiger partial charge in [0.2, 0.25) is 0 Å². The van der Waals surface area contributed by atoms with Gasteiger partial charge in [-0.25, -0.2) is 4.39 Å². The maximum atomic E-state index is 13.0. The van der Waals surface area contributed by atoms with E-state index in [0.29, 0.717) is 6.04 Å². The van der Waals surface area contributed by atoms with E-state index in [-0.39, 0.29) is 18.3 Å². The molecule has 4 heteroatoms. The molecule has 0 radical (unpaired) electrons. The Morgan fingerprint density at radius 1 is 1.04 bits per heavy atom. The highest BCUT2D eigenvalue weighted by Gasteiger charge is 2.35. The number of anilines is 1. The number of benzene rings is 2. The second-order valence-corrected chi connectivity index (χ2v) is 7.55. The van der Waals surface area contributed by atoms with Crippen molar-refractivity contribution in [2.24, 2.45) is 5.92 Å². The summed E-state index contributed by atoms with van der Waals surface area (Å²) in [7, 11) is 0. The Morgan fingerprint density at radius 3 is 2.65 bits per heavy atom. The van der Waals surface area contributed by atoms with Crippen molar-refractivity contribution < 1.29 is 9.50 Å². The van der Waals surface area contributed by atoms with Gasteiger partial charge in [0.25, 0.3) is 0 Å². The third kappa shape index (κ3) is 3.62. The molecule has 0 saturated carbocycles. The minimum atomic E-state index is -0.180. The van der Waals surface area contributed by atoms with Gasteiger partial charge in [0.1, 0.15) is 5.82 Å². The molecule has 1 fully saturated rings. The zero-order chi connectivity index (χ0) is 17.9. The maximum absolute atomic E-state index is 13.0. The van der Waals surface area contributed by atoms with Gasteiger partial charge in [-0.1, -0.05) is 30.3 Å². The number of fused-ring (bicyclic) bond motifs is 1. The van der Waals surface area contributed by atoms with Crippen LogP contribution in [0.2, 0.25) is 0 Å². The number of aliphatic hydroxyl groups excluding tert-OH is 1. The number of para-hydroxylation sites is 1. The Balaban J connectivity index is 1.37. The van der Waals surface area contributed by atoms with Crippen molar-refractivity contribution in [1.82, 2.24) is 4.90 Å². The molecular weight excluding hydrogens is 327 g/mol. The Morgan fingerprint density at radius 2 is 1.85 bits per heavy atom. The summed E-state index contributed by atoms with van der Waals surface area (Å²) in [5.74, 6) is 0.101. The van der Waals surface area contributed by atoms with Crippen molar-refractivity contribution in [3.05, 3.63) is 65.5 Å². The van der Waals surface area contributed by atoms with E-state index < -0.39 is 0 Å². The number of piperidine rings is 1. The average molecular weight is 354 g/mol. The van der Waals surface area contributed by atoms with Crippen molar-refractivity contribution in [1.29, 1.82) is 0 Å². The molecule has 0 aliphatic carbocycles. The van der Waals surface area contributed by atoms with Crippen LogP contribution in [0.4, 0.5) is 10.1 Å². The van der Waals surface area contributed by atoms with Gasteiger partial charge in [0.05, 0.1) is 0 Å². The van der Waals surface area contributed by atoms with Gasteiger partial charge in [-0.15, -0.1) is 0 Å². The lowest BCUT2D eigenvalue weighted by Crippen LogP contribution is -2.52. The second kappa shape index (κ2) is 7.77. The highest BCUT2D eigenvalue weighted by Crippen LogP contribution is 2.34. The van der Waals surface area contributed by atoms with Crippen LogP contribution in [0.3, 0.4) is 0 Å². The van der Waals surface area contributed by atoms with Crippen LogP contribution in [-0.2, 0) is 12.8 Å². The summed E-state index contributed by atoms with van der Waals surface area (Å²) >= 11 is 0. The summed E-state index contributed by atoms with van der Waals surface area (Å²) < 4.78 is 13.0. The van der Waals surface area contributed by atoms with Crippen molar-refractivity contribution in [3.8, 4) is 0 Å². The largest absolute Gasteiger partial charge is 0.396 e. The minimum absolute atomic E-state index is 0.180. The molecule has 1 saturated heterocycles. The number of hydrogen-bond acceptors (Lipinski definition) is 3. The van der Waals surface area contributed by atoms with Crippen molar-refractivity contribution in [3.63, 3.8) is 0 Å². The predicted octanol–water partition coefficient (Wildman–Crippen LogP) is 3.11. The van der Waals surface area contributed by atoms with Gasteiger partial charge in [-0.2, -0.15) is 0 Å². The lowest BCUT2D eigenvalue weighted by atomic mass is 9.91. The summed E-state index contributed by atoms with van der Waals surface area (Å²) in [6.07, 6.45) is 3.12. The lowest BCUT2D eigenvalue weighted by molar-refractivity contribution is 0.102. The fraction of sp³-hybridized carbons (Fsp3) is 0.455. The van der Waals surface area contributed by atoms with E-state index in [4.69, 9.17) is 0 Å². The van der Waals surface area contributed by atoms with Gasteiger partial charge >= 0.3 is 0 Å². The quantitative estimate of drug-likeness (QED) is 0.894. The van der Waals surface area contributed by atoms with Crippen LogP contribution in [0.25, 0.3) is 0 Å². The normalized spacial score (nSPS) is 23.2. The number of aliphatic hydroxyl groups is 1. The molecule has 2 aromatic rings. The Labute approximate surface area is 155 Å². The van der Waals surface area contributed by atoms with Gasteiger partial charge in [-0.05, 0) is 48.6 Å². The highest BCUT2D eigenvalue weighted by atomic mass is 19.1. The summed E-state index contributed by atoms with van der Waals surface area (Å²) in [6.45, 7) is 4.25. The molecule has 1 N–H and O–H groups in total. The Bertz CT molecular complexity index is 733. The average Bonchev–Trinajstić information content (AvgIpc) is 3.11. The van der Waals surface area contributed by atoms with Gasteiger partial charge < -0.3 is 14.9 Å². The first kappa shape index (κ1) is 17.5. The molecule has 0 aromatic heterocycles. The van der Waals surface area contributed by atoms with Crippen molar-refractivity contribution >= 4 is 5.69 Å². The topological polar surface area (TPSA) is 26.7 Å². The standard InChI is InChI=1S/C22H27FN2O/c23-20-7-5-17(6-8-20)9-12-24-13-11-22(19(15-24)16-26)25-14-10-18-3-1-2-4-21(18)25/h1-8,19,22,26H,9-16H2/t19-,22+/m1/s1. The molecule has 2 atom stereocenters. The van der Waals surface area contributed by atoms with E-state index in [1.165, 1.54) is 28.9 Å². The number of likely N-dealkylation sites (tertiary alicyclic amines) is 1. The summed E-state index contributed by atoms with van der Waals surface area (Å²) in [6, 6.07) is 15.9. The van der Waals surface area contributed by atoms with Crippen LogP contribution in [-0.4, -0.2) is 48.8 Å². The molecule has 26 heavy (non-hydrogen) atoms. The first-order chi connectivity index (χ1) is 12.7. The lowest BCUT2D eigenvalue weighted by Gasteiger charge is -2.43. The van der Waals surface area contributed by atoms with Gasteiger partial charge in [0.15, 0.2) is 0 Å². The van der Waals surface area contributed by atoms with Crippen LogP contribution in [0.1, 0.15) is 17.5 Å². The molecule has 0 bridgehead atoms. The number of nitrogens with zero attached hydrogens (tertiary/aromatic N) is 2. The van der Waals surface area contributed by atoms with E-state index in [2.05, 4.69) is 34.1 Å². The first-order valence-electron chi connectivity index (χ1n) is 9.67. The van der Waals surface area contributed by atoms with Crippen LogP contribution in [0.5, 0.6) is 0 Å². The smallest absolute Gasteiger partial charge is 0.123 e. The van der Waals surface area contributed by atoms with Crippen LogP contribution >= 0.6 is 0 Å². The molecule has 2 aliphatic rings. The van der Waals surface area contributed by atoms with E-state index in [9.17, 15) is 9.50 Å². The number of rotatable bonds is 5. The number of halogens is 1. The van der Waals surface area contributed by atoms with Crippen molar-refractivity contribution in [2.75, 3.05) is 37.7 Å². The van der Waals surface area contributed by atoms with Crippen LogP contribution in [0, 0.1) is 11.7 Å². The summed E-state index contributed by atoms with van der Waals surface area (Å²) in [4.78, 5) is 4.97. The number of hydrogen-bond donors (Lipinski definition) is 1. The molecule has 2 aromatic carbocycles. The fourth-order valence-electron chi connectivity index (χ4n) is 4.53. The van der Waals surface area contributed by atoms with E-state index in [0.717, 1.165) is 45.4 Å². The monoisotopic (exact) mass is 354 g/mol. The Hall–Kier alpha value is -1.91. The molecule has 2 aliphatic heterocycles. The van der Waals surface area contributed by atoms with E-state index >= 15 is 0 Å². The summed E-state index contributed by atoms with van der Waals surface area (Å²) in [5, 5.41) is 10.0.